The molecular formula is C15H17N5OS. The van der Waals surface area contributed by atoms with Crippen molar-refractivity contribution < 1.29 is 4.79 Å². The highest BCUT2D eigenvalue weighted by atomic mass is 32.1. The first-order valence-corrected chi connectivity index (χ1v) is 8.02. The maximum atomic E-state index is 12.0. The molecule has 3 aromatic rings. The standard InChI is InChI=1S/C15H17N5OS/c1-11(20-10-16-9-18-20)15(21)17-8-4-7-14-19-12-5-2-3-6-13(12)22-14/h2-3,5-6,9-11H,4,7-8H2,1H3,(H,17,21)/t11-/m0/s1. The summed E-state index contributed by atoms with van der Waals surface area (Å²) in [5.74, 6) is -0.0465. The molecule has 6 nitrogen and oxygen atoms in total. The number of nitrogens with zero attached hydrogens (tertiary/aromatic N) is 4. The molecule has 0 unspecified atom stereocenters. The van der Waals surface area contributed by atoms with Gasteiger partial charge in [-0.25, -0.2) is 14.6 Å². The van der Waals surface area contributed by atoms with Crippen LogP contribution in [0.4, 0.5) is 0 Å². The summed E-state index contributed by atoms with van der Waals surface area (Å²) < 4.78 is 2.75. The molecule has 0 aliphatic heterocycles. The Morgan fingerprint density at radius 2 is 2.27 bits per heavy atom. The van der Waals surface area contributed by atoms with Gasteiger partial charge in [0.25, 0.3) is 0 Å². The molecule has 2 aromatic heterocycles. The molecule has 1 aromatic carbocycles. The van der Waals surface area contributed by atoms with Crippen LogP contribution in [-0.2, 0) is 11.2 Å². The number of para-hydroxylation sites is 1. The topological polar surface area (TPSA) is 72.7 Å². The van der Waals surface area contributed by atoms with Gasteiger partial charge < -0.3 is 5.32 Å². The lowest BCUT2D eigenvalue weighted by Gasteiger charge is -2.11. The number of thiazole rings is 1. The largest absolute Gasteiger partial charge is 0.354 e. The van der Waals surface area contributed by atoms with Crippen LogP contribution in [0.3, 0.4) is 0 Å². The van der Waals surface area contributed by atoms with Gasteiger partial charge in [-0.15, -0.1) is 11.3 Å². The molecule has 1 amide bonds. The Morgan fingerprint density at radius 3 is 3.05 bits per heavy atom. The molecule has 0 fully saturated rings. The third-order valence-corrected chi connectivity index (χ3v) is 4.51. The van der Waals surface area contributed by atoms with E-state index in [1.165, 1.54) is 11.0 Å². The maximum Gasteiger partial charge on any atom is 0.244 e. The summed E-state index contributed by atoms with van der Waals surface area (Å²) in [7, 11) is 0. The second kappa shape index (κ2) is 6.65. The number of fused-ring (bicyclic) bond motifs is 1. The Bertz CT molecular complexity index is 719. The molecule has 3 rings (SSSR count). The van der Waals surface area contributed by atoms with E-state index in [2.05, 4.69) is 26.4 Å². The molecule has 7 heteroatoms. The minimum atomic E-state index is -0.343. The van der Waals surface area contributed by atoms with Crippen molar-refractivity contribution in [1.82, 2.24) is 25.1 Å². The monoisotopic (exact) mass is 315 g/mol. The number of aryl methyl sites for hydroxylation is 1. The van der Waals surface area contributed by atoms with E-state index in [1.54, 1.807) is 29.3 Å². The lowest BCUT2D eigenvalue weighted by atomic mass is 10.3. The van der Waals surface area contributed by atoms with Gasteiger partial charge in [0.05, 0.1) is 15.2 Å². The van der Waals surface area contributed by atoms with Gasteiger partial charge in [-0.1, -0.05) is 12.1 Å². The lowest BCUT2D eigenvalue weighted by Crippen LogP contribution is -2.32. The van der Waals surface area contributed by atoms with Gasteiger partial charge in [0, 0.05) is 13.0 Å². The number of benzene rings is 1. The minimum absolute atomic E-state index is 0.0465. The molecule has 0 radical (unpaired) electrons. The third-order valence-electron chi connectivity index (χ3n) is 3.42. The number of carbonyl (C=O) groups excluding carboxylic acids is 1. The van der Waals surface area contributed by atoms with Crippen LogP contribution in [0, 0.1) is 0 Å². The minimum Gasteiger partial charge on any atom is -0.354 e. The fraction of sp³-hybridized carbons (Fsp3) is 0.333. The van der Waals surface area contributed by atoms with Crippen molar-refractivity contribution in [3.63, 3.8) is 0 Å². The SMILES string of the molecule is C[C@@H](C(=O)NCCCc1nc2ccccc2s1)n1cncn1. The molecule has 2 heterocycles. The Morgan fingerprint density at radius 1 is 1.41 bits per heavy atom. The predicted octanol–water partition coefficient (Wildman–Crippen LogP) is 2.20. The number of aromatic nitrogens is 4. The normalized spacial score (nSPS) is 12.4. The van der Waals surface area contributed by atoms with Crippen LogP contribution in [-0.4, -0.2) is 32.2 Å². The summed E-state index contributed by atoms with van der Waals surface area (Å²) >= 11 is 1.71. The summed E-state index contributed by atoms with van der Waals surface area (Å²) in [6, 6.07) is 7.78. The van der Waals surface area contributed by atoms with Crippen molar-refractivity contribution in [1.29, 1.82) is 0 Å². The van der Waals surface area contributed by atoms with Crippen molar-refractivity contribution in [2.45, 2.75) is 25.8 Å². The van der Waals surface area contributed by atoms with Crippen molar-refractivity contribution in [3.8, 4) is 0 Å². The number of carbonyl (C=O) groups is 1. The number of hydrogen-bond donors (Lipinski definition) is 1. The Labute approximate surface area is 132 Å². The van der Waals surface area contributed by atoms with Crippen LogP contribution in [0.2, 0.25) is 0 Å². The molecule has 0 saturated carbocycles. The van der Waals surface area contributed by atoms with E-state index in [0.717, 1.165) is 23.4 Å². The molecule has 0 bridgehead atoms. The quantitative estimate of drug-likeness (QED) is 0.708. The highest BCUT2D eigenvalue weighted by Gasteiger charge is 2.14. The van der Waals surface area contributed by atoms with E-state index in [4.69, 9.17) is 0 Å². The molecule has 1 N–H and O–H groups in total. The number of amides is 1. The summed E-state index contributed by atoms with van der Waals surface area (Å²) in [6.07, 6.45) is 4.72. The molecule has 0 saturated heterocycles. The molecule has 0 aliphatic carbocycles. The lowest BCUT2D eigenvalue weighted by molar-refractivity contribution is -0.124. The van der Waals surface area contributed by atoms with Crippen molar-refractivity contribution in [2.75, 3.05) is 6.54 Å². The Hall–Kier alpha value is -2.28. The zero-order valence-electron chi connectivity index (χ0n) is 12.3. The van der Waals surface area contributed by atoms with E-state index in [-0.39, 0.29) is 11.9 Å². The van der Waals surface area contributed by atoms with Gasteiger partial charge in [0.2, 0.25) is 5.91 Å². The molecule has 22 heavy (non-hydrogen) atoms. The average Bonchev–Trinajstić information content (AvgIpc) is 3.19. The number of rotatable bonds is 6. The van der Waals surface area contributed by atoms with E-state index in [9.17, 15) is 4.79 Å². The predicted molar refractivity (Wildman–Crippen MR) is 85.7 cm³/mol. The molecule has 0 aliphatic rings. The zero-order chi connectivity index (χ0) is 15.4. The van der Waals surface area contributed by atoms with Crippen LogP contribution in [0.25, 0.3) is 10.2 Å². The number of nitrogens with one attached hydrogen (secondary N) is 1. The average molecular weight is 315 g/mol. The number of hydrogen-bond acceptors (Lipinski definition) is 5. The fourth-order valence-corrected chi connectivity index (χ4v) is 3.17. The van der Waals surface area contributed by atoms with Gasteiger partial charge in [-0.2, -0.15) is 5.10 Å². The van der Waals surface area contributed by atoms with Gasteiger partial charge in [0.15, 0.2) is 0 Å². The van der Waals surface area contributed by atoms with E-state index in [0.29, 0.717) is 6.54 Å². The second-order valence-electron chi connectivity index (χ2n) is 5.02. The van der Waals surface area contributed by atoms with Crippen molar-refractivity contribution in [2.24, 2.45) is 0 Å². The second-order valence-corrected chi connectivity index (χ2v) is 6.14. The van der Waals surface area contributed by atoms with E-state index < -0.39 is 0 Å². The molecule has 1 atom stereocenters. The summed E-state index contributed by atoms with van der Waals surface area (Å²) in [5.41, 5.74) is 1.05. The third kappa shape index (κ3) is 3.30. The van der Waals surface area contributed by atoms with Gasteiger partial charge in [-0.05, 0) is 25.5 Å². The maximum absolute atomic E-state index is 12.0. The summed E-state index contributed by atoms with van der Waals surface area (Å²) in [6.45, 7) is 2.44. The van der Waals surface area contributed by atoms with Crippen LogP contribution < -0.4 is 5.32 Å². The van der Waals surface area contributed by atoms with Gasteiger partial charge >= 0.3 is 0 Å². The zero-order valence-corrected chi connectivity index (χ0v) is 13.1. The van der Waals surface area contributed by atoms with Crippen LogP contribution in [0.5, 0.6) is 0 Å². The molecule has 0 spiro atoms. The highest BCUT2D eigenvalue weighted by Crippen LogP contribution is 2.22. The molecular weight excluding hydrogens is 298 g/mol. The van der Waals surface area contributed by atoms with Gasteiger partial charge in [-0.3, -0.25) is 4.79 Å². The van der Waals surface area contributed by atoms with E-state index in [1.807, 2.05) is 18.2 Å². The van der Waals surface area contributed by atoms with Crippen LogP contribution >= 0.6 is 11.3 Å². The van der Waals surface area contributed by atoms with Crippen LogP contribution in [0.1, 0.15) is 24.4 Å². The first-order valence-electron chi connectivity index (χ1n) is 7.20. The fourth-order valence-electron chi connectivity index (χ4n) is 2.16. The smallest absolute Gasteiger partial charge is 0.244 e. The van der Waals surface area contributed by atoms with Crippen molar-refractivity contribution in [3.05, 3.63) is 41.9 Å². The first kappa shape index (κ1) is 14.6. The molecule has 114 valence electrons. The highest BCUT2D eigenvalue weighted by molar-refractivity contribution is 7.18. The van der Waals surface area contributed by atoms with Gasteiger partial charge in [0.1, 0.15) is 18.7 Å². The van der Waals surface area contributed by atoms with Crippen molar-refractivity contribution >= 4 is 27.5 Å². The van der Waals surface area contributed by atoms with E-state index >= 15 is 0 Å². The van der Waals surface area contributed by atoms with Crippen LogP contribution in [0.15, 0.2) is 36.9 Å². The Balaban J connectivity index is 1.46. The first-order chi connectivity index (χ1) is 10.7. The summed E-state index contributed by atoms with van der Waals surface area (Å²) in [4.78, 5) is 20.4. The Kier molecular flexibility index (Phi) is 4.43. The summed E-state index contributed by atoms with van der Waals surface area (Å²) in [5, 5.41) is 8.01.